The van der Waals surface area contributed by atoms with Crippen molar-refractivity contribution in [3.05, 3.63) is 65.2 Å². The zero-order valence-electron chi connectivity index (χ0n) is 15.4. The molecule has 0 radical (unpaired) electrons. The van der Waals surface area contributed by atoms with Crippen molar-refractivity contribution < 1.29 is 9.59 Å². The average Bonchev–Trinajstić information content (AvgIpc) is 2.88. The highest BCUT2D eigenvalue weighted by atomic mass is 16.2. The van der Waals surface area contributed by atoms with Crippen LogP contribution in [-0.4, -0.2) is 47.9 Å². The predicted molar refractivity (Wildman–Crippen MR) is 103 cm³/mol. The second kappa shape index (κ2) is 8.04. The number of para-hydroxylation sites is 1. The van der Waals surface area contributed by atoms with E-state index >= 15 is 0 Å². The minimum absolute atomic E-state index is 0.0489. The number of urea groups is 1. The maximum absolute atomic E-state index is 12.9. The highest BCUT2D eigenvalue weighted by Crippen LogP contribution is 2.15. The number of nitrogens with zero attached hydrogens (tertiary/aromatic N) is 2. The average molecular weight is 351 g/mol. The molecule has 0 spiro atoms. The van der Waals surface area contributed by atoms with E-state index in [1.165, 1.54) is 0 Å². The number of carbonyl (C=O) groups is 2. The van der Waals surface area contributed by atoms with E-state index in [2.05, 4.69) is 5.32 Å². The predicted octanol–water partition coefficient (Wildman–Crippen LogP) is 3.68. The van der Waals surface area contributed by atoms with Crippen LogP contribution >= 0.6 is 0 Å². The van der Waals surface area contributed by atoms with E-state index in [0.29, 0.717) is 26.2 Å². The molecule has 2 aromatic carbocycles. The molecule has 0 aliphatic carbocycles. The molecule has 0 aromatic heterocycles. The number of carbonyl (C=O) groups excluding carboxylic acids is 2. The molecular weight excluding hydrogens is 326 g/mol. The van der Waals surface area contributed by atoms with Crippen LogP contribution in [0.5, 0.6) is 0 Å². The number of aryl methyl sites for hydroxylation is 2. The monoisotopic (exact) mass is 351 g/mol. The number of amides is 3. The molecule has 0 saturated carbocycles. The largest absolute Gasteiger partial charge is 0.337 e. The third kappa shape index (κ3) is 4.23. The van der Waals surface area contributed by atoms with Gasteiger partial charge in [0.1, 0.15) is 0 Å². The highest BCUT2D eigenvalue weighted by molar-refractivity contribution is 5.96. The Kier molecular flexibility index (Phi) is 5.56. The SMILES string of the molecule is Cc1ccc(C(=O)N2CCCN(C(=O)Nc3ccccc3)CC2)c(C)c1. The molecule has 1 aliphatic heterocycles. The Labute approximate surface area is 154 Å². The Morgan fingerprint density at radius 2 is 1.58 bits per heavy atom. The molecule has 5 heteroatoms. The van der Waals surface area contributed by atoms with Gasteiger partial charge in [-0.2, -0.15) is 0 Å². The Hall–Kier alpha value is -2.82. The summed E-state index contributed by atoms with van der Waals surface area (Å²) in [7, 11) is 0. The zero-order valence-corrected chi connectivity index (χ0v) is 15.4. The van der Waals surface area contributed by atoms with Gasteiger partial charge in [0.05, 0.1) is 0 Å². The maximum atomic E-state index is 12.9. The molecule has 3 rings (SSSR count). The van der Waals surface area contributed by atoms with Crippen LogP contribution in [-0.2, 0) is 0 Å². The van der Waals surface area contributed by atoms with Gasteiger partial charge in [-0.3, -0.25) is 4.79 Å². The fraction of sp³-hybridized carbons (Fsp3) is 0.333. The molecule has 1 saturated heterocycles. The first-order valence-corrected chi connectivity index (χ1v) is 9.02. The van der Waals surface area contributed by atoms with Crippen molar-refractivity contribution in [2.45, 2.75) is 20.3 Å². The lowest BCUT2D eigenvalue weighted by Gasteiger charge is -2.23. The first kappa shape index (κ1) is 18.0. The fourth-order valence-corrected chi connectivity index (χ4v) is 3.27. The lowest BCUT2D eigenvalue weighted by atomic mass is 10.0. The second-order valence-electron chi connectivity index (χ2n) is 6.75. The van der Waals surface area contributed by atoms with Gasteiger partial charge in [-0.15, -0.1) is 0 Å². The lowest BCUT2D eigenvalue weighted by Crippen LogP contribution is -2.39. The van der Waals surface area contributed by atoms with Crippen LogP contribution in [0.25, 0.3) is 0 Å². The van der Waals surface area contributed by atoms with E-state index in [4.69, 9.17) is 0 Å². The van der Waals surface area contributed by atoms with Crippen molar-refractivity contribution in [3.63, 3.8) is 0 Å². The van der Waals surface area contributed by atoms with E-state index in [0.717, 1.165) is 28.8 Å². The van der Waals surface area contributed by atoms with Gasteiger partial charge in [0, 0.05) is 37.4 Å². The zero-order chi connectivity index (χ0) is 18.5. The van der Waals surface area contributed by atoms with Crippen LogP contribution in [0.4, 0.5) is 10.5 Å². The van der Waals surface area contributed by atoms with Gasteiger partial charge < -0.3 is 15.1 Å². The minimum atomic E-state index is -0.114. The quantitative estimate of drug-likeness (QED) is 0.897. The summed E-state index contributed by atoms with van der Waals surface area (Å²) in [5.41, 5.74) is 3.68. The molecule has 2 aromatic rings. The number of anilines is 1. The van der Waals surface area contributed by atoms with Crippen molar-refractivity contribution in [1.82, 2.24) is 9.80 Å². The topological polar surface area (TPSA) is 52.7 Å². The number of rotatable bonds is 2. The molecule has 0 bridgehead atoms. The van der Waals surface area contributed by atoms with Crippen LogP contribution in [0.3, 0.4) is 0 Å². The highest BCUT2D eigenvalue weighted by Gasteiger charge is 2.23. The van der Waals surface area contributed by atoms with E-state index in [-0.39, 0.29) is 11.9 Å². The van der Waals surface area contributed by atoms with E-state index in [1.54, 1.807) is 4.90 Å². The molecule has 136 valence electrons. The lowest BCUT2D eigenvalue weighted by molar-refractivity contribution is 0.0762. The minimum Gasteiger partial charge on any atom is -0.337 e. The van der Waals surface area contributed by atoms with Crippen LogP contribution in [0.15, 0.2) is 48.5 Å². The third-order valence-electron chi connectivity index (χ3n) is 4.71. The van der Waals surface area contributed by atoms with Crippen LogP contribution in [0.1, 0.15) is 27.9 Å². The Morgan fingerprint density at radius 3 is 2.31 bits per heavy atom. The number of hydrogen-bond donors (Lipinski definition) is 1. The normalized spacial score (nSPS) is 14.7. The van der Waals surface area contributed by atoms with Crippen LogP contribution < -0.4 is 5.32 Å². The van der Waals surface area contributed by atoms with Crippen LogP contribution in [0, 0.1) is 13.8 Å². The molecule has 1 aliphatic rings. The summed E-state index contributed by atoms with van der Waals surface area (Å²) in [5, 5.41) is 2.91. The maximum Gasteiger partial charge on any atom is 0.321 e. The molecular formula is C21H25N3O2. The van der Waals surface area contributed by atoms with Crippen molar-refractivity contribution in [1.29, 1.82) is 0 Å². The smallest absolute Gasteiger partial charge is 0.321 e. The van der Waals surface area contributed by atoms with Gasteiger partial charge in [0.2, 0.25) is 0 Å². The molecule has 5 nitrogen and oxygen atoms in total. The van der Waals surface area contributed by atoms with E-state index in [1.807, 2.05) is 67.3 Å². The Morgan fingerprint density at radius 1 is 0.885 bits per heavy atom. The van der Waals surface area contributed by atoms with Crippen molar-refractivity contribution in [3.8, 4) is 0 Å². The third-order valence-corrected chi connectivity index (χ3v) is 4.71. The number of hydrogen-bond acceptors (Lipinski definition) is 2. The van der Waals surface area contributed by atoms with Gasteiger partial charge in [0.25, 0.3) is 5.91 Å². The number of nitrogens with one attached hydrogen (secondary N) is 1. The van der Waals surface area contributed by atoms with Crippen molar-refractivity contribution in [2.75, 3.05) is 31.5 Å². The Balaban J connectivity index is 1.62. The van der Waals surface area contributed by atoms with Crippen molar-refractivity contribution in [2.24, 2.45) is 0 Å². The molecule has 3 amide bonds. The summed E-state index contributed by atoms with van der Waals surface area (Å²) in [6.07, 6.45) is 0.777. The van der Waals surface area contributed by atoms with Crippen LogP contribution in [0.2, 0.25) is 0 Å². The van der Waals surface area contributed by atoms with Gasteiger partial charge in [-0.05, 0) is 44.0 Å². The first-order valence-electron chi connectivity index (χ1n) is 9.02. The summed E-state index contributed by atoms with van der Waals surface area (Å²) in [6.45, 7) is 6.40. The standard InChI is InChI=1S/C21H25N3O2/c1-16-9-10-19(17(2)15-16)20(25)23-11-6-12-24(14-13-23)21(26)22-18-7-4-3-5-8-18/h3-5,7-10,15H,6,11-14H2,1-2H3,(H,22,26). The fourth-order valence-electron chi connectivity index (χ4n) is 3.27. The van der Waals surface area contributed by atoms with Gasteiger partial charge in [-0.25, -0.2) is 4.79 Å². The van der Waals surface area contributed by atoms with Gasteiger partial charge >= 0.3 is 6.03 Å². The molecule has 1 N–H and O–H groups in total. The summed E-state index contributed by atoms with van der Waals surface area (Å²) in [4.78, 5) is 29.0. The summed E-state index contributed by atoms with van der Waals surface area (Å²) >= 11 is 0. The molecule has 0 unspecified atom stereocenters. The summed E-state index contributed by atoms with van der Waals surface area (Å²) in [5.74, 6) is 0.0489. The first-order chi connectivity index (χ1) is 12.5. The molecule has 1 fully saturated rings. The van der Waals surface area contributed by atoms with Gasteiger partial charge in [-0.1, -0.05) is 35.9 Å². The van der Waals surface area contributed by atoms with Gasteiger partial charge in [0.15, 0.2) is 0 Å². The molecule has 1 heterocycles. The summed E-state index contributed by atoms with van der Waals surface area (Å²) < 4.78 is 0. The Bertz CT molecular complexity index is 789. The molecule has 26 heavy (non-hydrogen) atoms. The van der Waals surface area contributed by atoms with E-state index < -0.39 is 0 Å². The van der Waals surface area contributed by atoms with E-state index in [9.17, 15) is 9.59 Å². The van der Waals surface area contributed by atoms with Crippen molar-refractivity contribution >= 4 is 17.6 Å². The summed E-state index contributed by atoms with van der Waals surface area (Å²) in [6, 6.07) is 15.2. The molecule has 0 atom stereocenters. The number of benzene rings is 2. The second-order valence-corrected chi connectivity index (χ2v) is 6.75.